The molecule has 0 aliphatic heterocycles. The topological polar surface area (TPSA) is 0 Å². The summed E-state index contributed by atoms with van der Waals surface area (Å²) in [5, 5.41) is 0. The Bertz CT molecular complexity index is 149. The molecule has 2 rings (SSSR count). The SMILES string of the molecule is [Cl-].[Lu+3].c1cc[cH-]c1.c1cc[cH-]c1. The van der Waals surface area contributed by atoms with Crippen molar-refractivity contribution in [1.82, 2.24) is 0 Å². The van der Waals surface area contributed by atoms with Gasteiger partial charge in [-0.25, -0.2) is 24.3 Å². The van der Waals surface area contributed by atoms with Crippen LogP contribution in [-0.4, -0.2) is 0 Å². The van der Waals surface area contributed by atoms with E-state index in [1.165, 1.54) is 0 Å². The van der Waals surface area contributed by atoms with Gasteiger partial charge in [-0.05, 0) is 0 Å². The monoisotopic (exact) mass is 340 g/mol. The molecule has 0 radical (unpaired) electrons. The standard InChI is InChI=1S/2C5H5.ClH.Lu/c2*1-2-4-5-3-1;;/h2*1-5H;1H;/q2*-1;;+3/p-1. The Labute approximate surface area is 109 Å². The normalized spacial score (nSPS) is 6.67. The molecule has 0 atom stereocenters. The van der Waals surface area contributed by atoms with Crippen LogP contribution in [0.5, 0.6) is 0 Å². The largest absolute Gasteiger partial charge is 3.00 e. The van der Waals surface area contributed by atoms with Crippen LogP contribution in [0.25, 0.3) is 0 Å². The summed E-state index contributed by atoms with van der Waals surface area (Å²) >= 11 is 0. The molecule has 0 spiro atoms. The molecule has 0 heterocycles. The molecule has 0 nitrogen and oxygen atoms in total. The number of hydrogen-bond donors (Lipinski definition) is 0. The minimum absolute atomic E-state index is 0. The molecule has 2 heteroatoms. The smallest absolute Gasteiger partial charge is 1.00 e. The Morgan fingerprint density at radius 1 is 0.583 bits per heavy atom. The van der Waals surface area contributed by atoms with Crippen molar-refractivity contribution >= 4 is 0 Å². The Morgan fingerprint density at radius 2 is 0.833 bits per heavy atom. The second-order valence-corrected chi connectivity index (χ2v) is 1.92. The van der Waals surface area contributed by atoms with Gasteiger partial charge >= 0.3 is 36.9 Å². The van der Waals surface area contributed by atoms with Gasteiger partial charge in [-0.2, -0.15) is 36.4 Å². The van der Waals surface area contributed by atoms with Gasteiger partial charge in [0.15, 0.2) is 0 Å². The molecular formula is C10H10ClLu. The number of hydrogen-bond acceptors (Lipinski definition) is 0. The Morgan fingerprint density at radius 3 is 0.917 bits per heavy atom. The van der Waals surface area contributed by atoms with Crippen molar-refractivity contribution in [2.24, 2.45) is 0 Å². The van der Waals surface area contributed by atoms with E-state index in [9.17, 15) is 0 Å². The molecule has 72 valence electrons. The van der Waals surface area contributed by atoms with Crippen LogP contribution >= 0.6 is 0 Å². The summed E-state index contributed by atoms with van der Waals surface area (Å²) < 4.78 is 0. The molecule has 0 aliphatic carbocycles. The zero-order valence-corrected chi connectivity index (χ0v) is 8.82. The van der Waals surface area contributed by atoms with Crippen molar-refractivity contribution in [3.05, 3.63) is 60.7 Å². The van der Waals surface area contributed by atoms with Gasteiger partial charge in [0.25, 0.3) is 0 Å². The molecule has 0 bridgehead atoms. The van der Waals surface area contributed by atoms with Gasteiger partial charge in [0, 0.05) is 0 Å². The third-order valence-corrected chi connectivity index (χ3v) is 1.11. The zero-order valence-electron chi connectivity index (χ0n) is 6.41. The minimum Gasteiger partial charge on any atom is -1.00 e. The average molecular weight is 341 g/mol. The van der Waals surface area contributed by atoms with Crippen LogP contribution < -0.4 is 12.4 Å². The van der Waals surface area contributed by atoms with E-state index in [1.54, 1.807) is 0 Å². The summed E-state index contributed by atoms with van der Waals surface area (Å²) in [4.78, 5) is 0. The van der Waals surface area contributed by atoms with Gasteiger partial charge in [-0.1, -0.05) is 0 Å². The summed E-state index contributed by atoms with van der Waals surface area (Å²) in [6, 6.07) is 20.0. The predicted octanol–water partition coefficient (Wildman–Crippen LogP) is -0.185. The summed E-state index contributed by atoms with van der Waals surface area (Å²) in [7, 11) is 0. The van der Waals surface area contributed by atoms with Crippen LogP contribution in [0.3, 0.4) is 0 Å². The van der Waals surface area contributed by atoms with Crippen molar-refractivity contribution in [3.8, 4) is 0 Å². The van der Waals surface area contributed by atoms with E-state index >= 15 is 0 Å². The Balaban J connectivity index is 0. The van der Waals surface area contributed by atoms with Crippen molar-refractivity contribution < 1.29 is 49.3 Å². The fourth-order valence-electron chi connectivity index (χ4n) is 0.642. The average Bonchev–Trinajstić information content (AvgIpc) is 2.67. The van der Waals surface area contributed by atoms with E-state index in [0.717, 1.165) is 0 Å². The third-order valence-electron chi connectivity index (χ3n) is 1.11. The Hall–Kier alpha value is 0.224. The molecule has 0 aliphatic rings. The molecule has 0 amide bonds. The third kappa shape index (κ3) is 8.32. The predicted molar refractivity (Wildman–Crippen MR) is 44.1 cm³/mol. The maximum Gasteiger partial charge on any atom is 3.00 e. The van der Waals surface area contributed by atoms with Crippen molar-refractivity contribution in [1.29, 1.82) is 0 Å². The van der Waals surface area contributed by atoms with E-state index in [2.05, 4.69) is 0 Å². The molecule has 2 aromatic rings. The van der Waals surface area contributed by atoms with E-state index in [-0.39, 0.29) is 49.3 Å². The van der Waals surface area contributed by atoms with Gasteiger partial charge < -0.3 is 12.4 Å². The first-order chi connectivity index (χ1) is 5.00. The van der Waals surface area contributed by atoms with Gasteiger partial charge in [-0.15, -0.1) is 0 Å². The maximum atomic E-state index is 2.00. The van der Waals surface area contributed by atoms with Gasteiger partial charge in [0.05, 0.1) is 0 Å². The van der Waals surface area contributed by atoms with E-state index < -0.39 is 0 Å². The van der Waals surface area contributed by atoms with Crippen LogP contribution in [0.2, 0.25) is 0 Å². The quantitative estimate of drug-likeness (QED) is 0.584. The Kier molecular flexibility index (Phi) is 13.8. The van der Waals surface area contributed by atoms with E-state index in [4.69, 9.17) is 0 Å². The molecule has 12 heavy (non-hydrogen) atoms. The molecule has 0 fully saturated rings. The summed E-state index contributed by atoms with van der Waals surface area (Å²) in [5.74, 6) is 0. The molecule has 2 aromatic carbocycles. The molecule has 0 saturated heterocycles. The molecule has 0 unspecified atom stereocenters. The van der Waals surface area contributed by atoms with Gasteiger partial charge in [-0.3, -0.25) is 0 Å². The van der Waals surface area contributed by atoms with Crippen molar-refractivity contribution in [3.63, 3.8) is 0 Å². The summed E-state index contributed by atoms with van der Waals surface area (Å²) in [5.41, 5.74) is 0. The maximum absolute atomic E-state index is 2.00. The first kappa shape index (κ1) is 14.7. The summed E-state index contributed by atoms with van der Waals surface area (Å²) in [6.45, 7) is 0. The van der Waals surface area contributed by atoms with Crippen LogP contribution in [0.1, 0.15) is 0 Å². The summed E-state index contributed by atoms with van der Waals surface area (Å²) in [6.07, 6.45) is 0. The van der Waals surface area contributed by atoms with Crippen molar-refractivity contribution in [2.75, 3.05) is 0 Å². The van der Waals surface area contributed by atoms with Gasteiger partial charge in [0.2, 0.25) is 0 Å². The molecular weight excluding hydrogens is 331 g/mol. The number of halogens is 1. The second-order valence-electron chi connectivity index (χ2n) is 1.92. The first-order valence-electron chi connectivity index (χ1n) is 3.33. The second kappa shape index (κ2) is 11.2. The molecule has 0 saturated carbocycles. The van der Waals surface area contributed by atoms with E-state index in [1.807, 2.05) is 60.7 Å². The van der Waals surface area contributed by atoms with Crippen molar-refractivity contribution in [2.45, 2.75) is 0 Å². The van der Waals surface area contributed by atoms with Crippen LogP contribution in [0, 0.1) is 36.9 Å². The molecule has 0 N–H and O–H groups in total. The fourth-order valence-corrected chi connectivity index (χ4v) is 0.642. The first-order valence-corrected chi connectivity index (χ1v) is 3.33. The minimum atomic E-state index is 0. The van der Waals surface area contributed by atoms with Crippen LogP contribution in [-0.2, 0) is 0 Å². The zero-order chi connectivity index (χ0) is 7.07. The van der Waals surface area contributed by atoms with Crippen LogP contribution in [0.4, 0.5) is 0 Å². The molecule has 0 aromatic heterocycles. The fraction of sp³-hybridized carbons (Fsp3) is 0. The van der Waals surface area contributed by atoms with E-state index in [0.29, 0.717) is 0 Å². The number of rotatable bonds is 0. The van der Waals surface area contributed by atoms with Gasteiger partial charge in [0.1, 0.15) is 0 Å². The van der Waals surface area contributed by atoms with Crippen LogP contribution in [0.15, 0.2) is 60.7 Å².